The molecule has 0 spiro atoms. The van der Waals surface area contributed by atoms with Crippen molar-refractivity contribution in [3.63, 3.8) is 0 Å². The lowest BCUT2D eigenvalue weighted by Gasteiger charge is -2.49. The van der Waals surface area contributed by atoms with E-state index in [9.17, 15) is 4.79 Å². The average molecular weight is 346 g/mol. The van der Waals surface area contributed by atoms with Crippen LogP contribution in [0.15, 0.2) is 34.9 Å². The fraction of sp³-hybridized carbons (Fsp3) is 0.444. The first kappa shape index (κ1) is 15.7. The molecule has 5 nitrogen and oxygen atoms in total. The fourth-order valence-corrected chi connectivity index (χ4v) is 4.02. The zero-order chi connectivity index (χ0) is 16.7. The Balaban J connectivity index is 1.48. The van der Waals surface area contributed by atoms with Gasteiger partial charge in [-0.2, -0.15) is 0 Å². The molecule has 2 unspecified atom stereocenters. The van der Waals surface area contributed by atoms with Gasteiger partial charge in [-0.05, 0) is 63.0 Å². The van der Waals surface area contributed by atoms with Gasteiger partial charge in [-0.1, -0.05) is 11.6 Å². The summed E-state index contributed by atoms with van der Waals surface area (Å²) in [4.78, 5) is 19.1. The Kier molecular flexibility index (Phi) is 4.06. The second-order valence-electron chi connectivity index (χ2n) is 6.65. The highest BCUT2D eigenvalue weighted by atomic mass is 35.5. The van der Waals surface area contributed by atoms with Gasteiger partial charge in [0.25, 0.3) is 5.91 Å². The van der Waals surface area contributed by atoms with E-state index in [1.165, 1.54) is 0 Å². The van der Waals surface area contributed by atoms with E-state index in [4.69, 9.17) is 16.0 Å². The molecule has 0 radical (unpaired) electrons. The van der Waals surface area contributed by atoms with E-state index in [0.717, 1.165) is 31.5 Å². The van der Waals surface area contributed by atoms with Gasteiger partial charge in [0.1, 0.15) is 10.9 Å². The van der Waals surface area contributed by atoms with E-state index in [1.54, 1.807) is 24.4 Å². The van der Waals surface area contributed by atoms with Crippen LogP contribution in [-0.4, -0.2) is 41.0 Å². The van der Waals surface area contributed by atoms with Gasteiger partial charge in [-0.3, -0.25) is 9.69 Å². The molecule has 1 amide bonds. The number of rotatable bonds is 3. The summed E-state index contributed by atoms with van der Waals surface area (Å²) >= 11 is 5.80. The Morgan fingerprint density at radius 3 is 2.75 bits per heavy atom. The number of aromatic nitrogens is 1. The summed E-state index contributed by atoms with van der Waals surface area (Å²) in [5, 5.41) is 3.61. The van der Waals surface area contributed by atoms with Crippen LogP contribution in [0.3, 0.4) is 0 Å². The van der Waals surface area contributed by atoms with Crippen molar-refractivity contribution < 1.29 is 9.21 Å². The predicted molar refractivity (Wildman–Crippen MR) is 92.0 cm³/mol. The molecule has 6 heteroatoms. The molecule has 2 aromatic heterocycles. The van der Waals surface area contributed by atoms with Gasteiger partial charge in [0.05, 0.1) is 0 Å². The Hall–Kier alpha value is -1.85. The highest BCUT2D eigenvalue weighted by molar-refractivity contribution is 6.29. The topological polar surface area (TPSA) is 58.4 Å². The van der Waals surface area contributed by atoms with Crippen LogP contribution in [-0.2, 0) is 0 Å². The van der Waals surface area contributed by atoms with Gasteiger partial charge < -0.3 is 9.73 Å². The maximum atomic E-state index is 12.6. The number of furan rings is 1. The summed E-state index contributed by atoms with van der Waals surface area (Å²) in [5.41, 5.74) is 0.801. The number of halogens is 1. The van der Waals surface area contributed by atoms with Gasteiger partial charge in [0, 0.05) is 23.8 Å². The van der Waals surface area contributed by atoms with Gasteiger partial charge in [-0.25, -0.2) is 4.98 Å². The number of carbonyl (C=O) groups excluding carboxylic acids is 1. The molecule has 2 bridgehead atoms. The molecular formula is C18H20ClN3O2. The van der Waals surface area contributed by atoms with E-state index in [1.807, 2.05) is 6.07 Å². The number of amides is 1. The summed E-state index contributed by atoms with van der Waals surface area (Å²) in [7, 11) is 0. The van der Waals surface area contributed by atoms with Crippen LogP contribution in [0.25, 0.3) is 11.3 Å². The Bertz CT molecular complexity index is 733. The molecule has 3 fully saturated rings. The lowest BCUT2D eigenvalue weighted by molar-refractivity contribution is 0.0211. The van der Waals surface area contributed by atoms with Gasteiger partial charge >= 0.3 is 0 Å². The summed E-state index contributed by atoms with van der Waals surface area (Å²) in [6.45, 7) is 4.49. The second-order valence-corrected chi connectivity index (χ2v) is 7.03. The first-order chi connectivity index (χ1) is 11.6. The van der Waals surface area contributed by atoms with Gasteiger partial charge in [-0.15, -0.1) is 0 Å². The first-order valence-corrected chi connectivity index (χ1v) is 8.76. The minimum atomic E-state index is -0.145. The SMILES string of the molecule is CC1C(NC(=O)c2ccc(-c3ccc(Cl)nc3)o2)C2CCN1CC2. The molecule has 3 aliphatic rings. The molecular weight excluding hydrogens is 326 g/mol. The summed E-state index contributed by atoms with van der Waals surface area (Å²) in [6.07, 6.45) is 3.96. The maximum absolute atomic E-state index is 12.6. The van der Waals surface area contributed by atoms with E-state index in [-0.39, 0.29) is 11.9 Å². The van der Waals surface area contributed by atoms with Crippen molar-refractivity contribution in [2.75, 3.05) is 13.1 Å². The molecule has 1 N–H and O–H groups in total. The lowest BCUT2D eigenvalue weighted by Crippen LogP contribution is -2.62. The molecule has 0 saturated carbocycles. The third kappa shape index (κ3) is 2.82. The quantitative estimate of drug-likeness (QED) is 0.868. The van der Waals surface area contributed by atoms with Crippen LogP contribution < -0.4 is 5.32 Å². The molecule has 24 heavy (non-hydrogen) atoms. The average Bonchev–Trinajstić information content (AvgIpc) is 3.09. The summed E-state index contributed by atoms with van der Waals surface area (Å²) in [5.74, 6) is 1.38. The van der Waals surface area contributed by atoms with Crippen LogP contribution in [0.1, 0.15) is 30.3 Å². The van der Waals surface area contributed by atoms with Crippen molar-refractivity contribution in [2.45, 2.75) is 31.8 Å². The fourth-order valence-electron chi connectivity index (χ4n) is 3.90. The smallest absolute Gasteiger partial charge is 0.287 e. The van der Waals surface area contributed by atoms with Crippen molar-refractivity contribution in [2.24, 2.45) is 5.92 Å². The predicted octanol–water partition coefficient (Wildman–Crippen LogP) is 3.21. The van der Waals surface area contributed by atoms with Gasteiger partial charge in [0.2, 0.25) is 0 Å². The molecule has 2 aromatic rings. The summed E-state index contributed by atoms with van der Waals surface area (Å²) < 4.78 is 5.72. The van der Waals surface area contributed by atoms with E-state index in [0.29, 0.717) is 28.6 Å². The standard InChI is InChI=1S/C18H20ClN3O2/c1-11-17(12-6-8-22(11)9-7-12)21-18(23)15-4-3-14(24-15)13-2-5-16(19)20-10-13/h2-5,10-12,17H,6-9H2,1H3,(H,21,23). The second kappa shape index (κ2) is 6.22. The third-order valence-electron chi connectivity index (χ3n) is 5.32. The number of carbonyl (C=O) groups is 1. The zero-order valence-corrected chi connectivity index (χ0v) is 14.3. The number of pyridine rings is 1. The highest BCUT2D eigenvalue weighted by Crippen LogP contribution is 2.32. The molecule has 5 heterocycles. The molecule has 2 atom stereocenters. The Morgan fingerprint density at radius 1 is 1.29 bits per heavy atom. The number of nitrogens with one attached hydrogen (secondary N) is 1. The van der Waals surface area contributed by atoms with E-state index >= 15 is 0 Å². The first-order valence-electron chi connectivity index (χ1n) is 8.38. The van der Waals surface area contributed by atoms with Crippen molar-refractivity contribution in [3.8, 4) is 11.3 Å². The van der Waals surface area contributed by atoms with E-state index in [2.05, 4.69) is 22.1 Å². The minimum Gasteiger partial charge on any atom is -0.451 e. The molecule has 5 rings (SSSR count). The molecule has 3 aliphatic heterocycles. The normalized spacial score (nSPS) is 28.8. The zero-order valence-electron chi connectivity index (χ0n) is 13.5. The molecule has 3 saturated heterocycles. The van der Waals surface area contributed by atoms with Crippen molar-refractivity contribution in [3.05, 3.63) is 41.4 Å². The van der Waals surface area contributed by atoms with Crippen LogP contribution >= 0.6 is 11.6 Å². The number of nitrogens with zero attached hydrogens (tertiary/aromatic N) is 2. The van der Waals surface area contributed by atoms with Crippen LogP contribution in [0.4, 0.5) is 0 Å². The van der Waals surface area contributed by atoms with Crippen LogP contribution in [0.2, 0.25) is 5.15 Å². The minimum absolute atomic E-state index is 0.145. The van der Waals surface area contributed by atoms with Crippen molar-refractivity contribution >= 4 is 17.5 Å². The highest BCUT2D eigenvalue weighted by Gasteiger charge is 2.40. The Labute approximate surface area is 146 Å². The van der Waals surface area contributed by atoms with Crippen molar-refractivity contribution in [1.29, 1.82) is 0 Å². The monoisotopic (exact) mass is 345 g/mol. The number of fused-ring (bicyclic) bond motifs is 3. The summed E-state index contributed by atoms with van der Waals surface area (Å²) in [6, 6.07) is 7.62. The lowest BCUT2D eigenvalue weighted by atomic mass is 9.79. The largest absolute Gasteiger partial charge is 0.451 e. The molecule has 0 aromatic carbocycles. The molecule has 126 valence electrons. The number of hydrogen-bond acceptors (Lipinski definition) is 4. The van der Waals surface area contributed by atoms with Crippen LogP contribution in [0, 0.1) is 5.92 Å². The molecule has 0 aliphatic carbocycles. The number of hydrogen-bond donors (Lipinski definition) is 1. The van der Waals surface area contributed by atoms with E-state index < -0.39 is 0 Å². The third-order valence-corrected chi connectivity index (χ3v) is 5.54. The maximum Gasteiger partial charge on any atom is 0.287 e. The van der Waals surface area contributed by atoms with Gasteiger partial charge in [0.15, 0.2) is 5.76 Å². The van der Waals surface area contributed by atoms with Crippen molar-refractivity contribution in [1.82, 2.24) is 15.2 Å². The number of piperidine rings is 3. The van der Waals surface area contributed by atoms with Crippen LogP contribution in [0.5, 0.6) is 0 Å². The Morgan fingerprint density at radius 2 is 2.08 bits per heavy atom.